The average molecular weight is 176 g/mol. The van der Waals surface area contributed by atoms with E-state index in [0.29, 0.717) is 11.1 Å². The van der Waals surface area contributed by atoms with Crippen LogP contribution in [-0.4, -0.2) is 12.9 Å². The van der Waals surface area contributed by atoms with Gasteiger partial charge in [0.2, 0.25) is 0 Å². The Morgan fingerprint density at radius 2 is 1.85 bits per heavy atom. The van der Waals surface area contributed by atoms with Gasteiger partial charge >= 0.3 is 0 Å². The highest BCUT2D eigenvalue weighted by molar-refractivity contribution is 6.07. The highest BCUT2D eigenvalue weighted by Gasteiger charge is 2.05. The highest BCUT2D eigenvalue weighted by Crippen LogP contribution is 2.13. The molecule has 13 heavy (non-hydrogen) atoms. The van der Waals surface area contributed by atoms with Gasteiger partial charge in [0.25, 0.3) is 0 Å². The third-order valence-corrected chi connectivity index (χ3v) is 1.74. The van der Waals surface area contributed by atoms with Crippen LogP contribution in [-0.2, 0) is 0 Å². The number of allylic oxidation sites excluding steroid dienone is 1. The van der Waals surface area contributed by atoms with E-state index in [-0.39, 0.29) is 5.78 Å². The van der Waals surface area contributed by atoms with E-state index in [9.17, 15) is 4.79 Å². The maximum atomic E-state index is 11.4. The van der Waals surface area contributed by atoms with E-state index in [1.54, 1.807) is 38.3 Å². The molecule has 0 saturated heterocycles. The number of carbonyl (C=O) groups excluding carboxylic acids is 1. The third-order valence-electron chi connectivity index (χ3n) is 1.74. The van der Waals surface area contributed by atoms with E-state index in [4.69, 9.17) is 4.74 Å². The van der Waals surface area contributed by atoms with Crippen LogP contribution in [0.1, 0.15) is 17.3 Å². The summed E-state index contributed by atoms with van der Waals surface area (Å²) >= 11 is 0. The fraction of sp³-hybridized carbons (Fsp3) is 0.182. The molecule has 1 aromatic carbocycles. The summed E-state index contributed by atoms with van der Waals surface area (Å²) in [5, 5.41) is 0. The molecular weight excluding hydrogens is 164 g/mol. The van der Waals surface area contributed by atoms with Crippen molar-refractivity contribution in [2.75, 3.05) is 7.11 Å². The van der Waals surface area contributed by atoms with Crippen LogP contribution in [0.25, 0.3) is 0 Å². The summed E-state index contributed by atoms with van der Waals surface area (Å²) in [5.41, 5.74) is 1.19. The minimum atomic E-state index is -0.0253. The van der Waals surface area contributed by atoms with Gasteiger partial charge in [-0.15, -0.1) is 0 Å². The second-order valence-corrected chi connectivity index (χ2v) is 2.84. The Hall–Kier alpha value is -1.57. The van der Waals surface area contributed by atoms with Crippen LogP contribution >= 0.6 is 0 Å². The molecule has 0 aromatic heterocycles. The van der Waals surface area contributed by atoms with Gasteiger partial charge in [-0.05, 0) is 36.8 Å². The number of benzene rings is 1. The van der Waals surface area contributed by atoms with E-state index >= 15 is 0 Å². The van der Waals surface area contributed by atoms with Crippen molar-refractivity contribution < 1.29 is 9.53 Å². The van der Waals surface area contributed by atoms with Gasteiger partial charge in [0.1, 0.15) is 5.75 Å². The van der Waals surface area contributed by atoms with E-state index < -0.39 is 0 Å². The molecule has 0 aliphatic carbocycles. The SMILES string of the molecule is C=C(C)C(=O)c1ccc(OC)cc1. The second kappa shape index (κ2) is 3.90. The Morgan fingerprint density at radius 1 is 1.31 bits per heavy atom. The zero-order valence-corrected chi connectivity index (χ0v) is 7.83. The molecule has 0 bridgehead atoms. The Morgan fingerprint density at radius 3 is 2.23 bits per heavy atom. The van der Waals surface area contributed by atoms with Crippen LogP contribution in [0, 0.1) is 0 Å². The van der Waals surface area contributed by atoms with Crippen LogP contribution in [0.15, 0.2) is 36.4 Å². The van der Waals surface area contributed by atoms with Gasteiger partial charge < -0.3 is 4.74 Å². The Balaban J connectivity index is 2.92. The van der Waals surface area contributed by atoms with Crippen molar-refractivity contribution in [3.63, 3.8) is 0 Å². The molecule has 68 valence electrons. The zero-order valence-electron chi connectivity index (χ0n) is 7.83. The van der Waals surface area contributed by atoms with Gasteiger partial charge in [0.15, 0.2) is 5.78 Å². The van der Waals surface area contributed by atoms with Crippen LogP contribution in [0.2, 0.25) is 0 Å². The summed E-state index contributed by atoms with van der Waals surface area (Å²) in [7, 11) is 1.59. The van der Waals surface area contributed by atoms with Crippen molar-refractivity contribution in [2.45, 2.75) is 6.92 Å². The highest BCUT2D eigenvalue weighted by atomic mass is 16.5. The molecule has 0 N–H and O–H groups in total. The maximum Gasteiger partial charge on any atom is 0.188 e. The normalized spacial score (nSPS) is 9.38. The van der Waals surface area contributed by atoms with Gasteiger partial charge in [0, 0.05) is 5.56 Å². The fourth-order valence-corrected chi connectivity index (χ4v) is 0.989. The molecule has 1 rings (SSSR count). The quantitative estimate of drug-likeness (QED) is 0.522. The molecule has 0 aliphatic rings. The minimum Gasteiger partial charge on any atom is -0.497 e. The fourth-order valence-electron chi connectivity index (χ4n) is 0.989. The largest absolute Gasteiger partial charge is 0.497 e. The lowest BCUT2D eigenvalue weighted by molar-refractivity contribution is 0.103. The Bertz CT molecular complexity index is 322. The zero-order chi connectivity index (χ0) is 9.84. The van der Waals surface area contributed by atoms with E-state index in [2.05, 4.69) is 6.58 Å². The van der Waals surface area contributed by atoms with Crippen molar-refractivity contribution in [1.29, 1.82) is 0 Å². The van der Waals surface area contributed by atoms with Crippen molar-refractivity contribution in [3.05, 3.63) is 42.0 Å². The first-order valence-electron chi connectivity index (χ1n) is 3.99. The summed E-state index contributed by atoms with van der Waals surface area (Å²) in [6.07, 6.45) is 0. The number of hydrogen-bond donors (Lipinski definition) is 0. The molecule has 0 fully saturated rings. The van der Waals surface area contributed by atoms with Gasteiger partial charge in [-0.25, -0.2) is 0 Å². The smallest absolute Gasteiger partial charge is 0.188 e. The Labute approximate surface area is 77.8 Å². The summed E-state index contributed by atoms with van der Waals surface area (Å²) in [4.78, 5) is 11.4. The number of Topliss-reactive ketones (excluding diaryl/α,β-unsaturated/α-hetero) is 1. The molecule has 0 spiro atoms. The molecule has 0 radical (unpaired) electrons. The number of hydrogen-bond acceptors (Lipinski definition) is 2. The topological polar surface area (TPSA) is 26.3 Å². The number of ketones is 1. The summed E-state index contributed by atoms with van der Waals surface area (Å²) in [6, 6.07) is 6.98. The Kier molecular flexibility index (Phi) is 2.85. The van der Waals surface area contributed by atoms with E-state index in [1.807, 2.05) is 0 Å². The first-order valence-corrected chi connectivity index (χ1v) is 3.99. The first kappa shape index (κ1) is 9.52. The van der Waals surface area contributed by atoms with E-state index in [1.165, 1.54) is 0 Å². The van der Waals surface area contributed by atoms with Crippen LogP contribution in [0.3, 0.4) is 0 Å². The van der Waals surface area contributed by atoms with E-state index in [0.717, 1.165) is 5.75 Å². The average Bonchev–Trinajstić information content (AvgIpc) is 2.17. The lowest BCUT2D eigenvalue weighted by Gasteiger charge is -2.01. The molecule has 0 atom stereocenters. The number of ether oxygens (including phenoxy) is 1. The molecule has 1 aromatic rings. The first-order chi connectivity index (χ1) is 6.15. The van der Waals surface area contributed by atoms with Crippen molar-refractivity contribution in [3.8, 4) is 5.75 Å². The molecule has 0 aliphatic heterocycles. The molecular formula is C11H12O2. The molecule has 2 heteroatoms. The summed E-state index contributed by atoms with van der Waals surface area (Å²) in [6.45, 7) is 5.29. The van der Waals surface area contributed by atoms with Crippen LogP contribution in [0.5, 0.6) is 5.75 Å². The van der Waals surface area contributed by atoms with Gasteiger partial charge in [-0.2, -0.15) is 0 Å². The number of carbonyl (C=O) groups is 1. The lowest BCUT2D eigenvalue weighted by Crippen LogP contribution is -1.98. The molecule has 0 saturated carbocycles. The standard InChI is InChI=1S/C11H12O2/c1-8(2)11(12)9-4-6-10(13-3)7-5-9/h4-7H,1H2,2-3H3. The molecule has 0 heterocycles. The monoisotopic (exact) mass is 176 g/mol. The molecule has 2 nitrogen and oxygen atoms in total. The van der Waals surface area contributed by atoms with Gasteiger partial charge in [0.05, 0.1) is 7.11 Å². The predicted molar refractivity (Wildman–Crippen MR) is 52.1 cm³/mol. The summed E-state index contributed by atoms with van der Waals surface area (Å²) in [5.74, 6) is 0.723. The van der Waals surface area contributed by atoms with Gasteiger partial charge in [-0.3, -0.25) is 4.79 Å². The summed E-state index contributed by atoms with van der Waals surface area (Å²) < 4.78 is 4.98. The van der Waals surface area contributed by atoms with Gasteiger partial charge in [-0.1, -0.05) is 6.58 Å². The molecule has 0 unspecified atom stereocenters. The lowest BCUT2D eigenvalue weighted by atomic mass is 10.1. The second-order valence-electron chi connectivity index (χ2n) is 2.84. The van der Waals surface area contributed by atoms with Crippen LogP contribution < -0.4 is 4.74 Å². The van der Waals surface area contributed by atoms with Crippen LogP contribution in [0.4, 0.5) is 0 Å². The van der Waals surface area contributed by atoms with Crippen molar-refractivity contribution in [1.82, 2.24) is 0 Å². The van der Waals surface area contributed by atoms with Crippen molar-refractivity contribution >= 4 is 5.78 Å². The predicted octanol–water partition coefficient (Wildman–Crippen LogP) is 2.45. The van der Waals surface area contributed by atoms with Crippen molar-refractivity contribution in [2.24, 2.45) is 0 Å². The minimum absolute atomic E-state index is 0.0253. The molecule has 0 amide bonds. The maximum absolute atomic E-state index is 11.4. The number of rotatable bonds is 3. The number of methoxy groups -OCH3 is 1. The third kappa shape index (κ3) is 2.18.